The van der Waals surface area contributed by atoms with Crippen molar-refractivity contribution in [3.8, 4) is 67.8 Å². The summed E-state index contributed by atoms with van der Waals surface area (Å²) in [7, 11) is 0. The molecule has 31 rings (SSSR count). The van der Waals surface area contributed by atoms with Crippen molar-refractivity contribution in [2.45, 2.75) is 0 Å². The minimum Gasteiger partial charge on any atom is -0.309 e. The van der Waals surface area contributed by atoms with Crippen LogP contribution in [0.4, 0.5) is 0 Å². The second kappa shape index (κ2) is 34.4. The number of para-hydroxylation sites is 13. The SMILES string of the molecule is c1ccc(-c2ccc(-n3c4ccccc4c4cc5c6ccccc6n(-c6ccccc6)c5cc43)cc2)cc1.c1ccc(-c2cccc(-n3c4ccccc4c4cc5c6ccccc6n(-c6ccccc6)c5cc43)c2)cc1.c1ccc(-n2c3ccccc3c3cc4c5ccccc5n(-c5ccc6ccccc6c5)c4cc32)cc1.c1ccc(-n2c3ccccc3c3cc4c5ccccc5n(-c5ccccc5)c4cc32)cc1. The Kier molecular flexibility index (Phi) is 19.8. The van der Waals surface area contributed by atoms with Crippen molar-refractivity contribution in [3.63, 3.8) is 0 Å². The van der Waals surface area contributed by atoms with Gasteiger partial charge in [-0.25, -0.2) is 0 Å². The van der Waals surface area contributed by atoms with E-state index in [1.807, 2.05) is 0 Å². The average molecular weight is 1840 g/mol. The van der Waals surface area contributed by atoms with Crippen LogP contribution in [0.2, 0.25) is 0 Å². The molecule has 8 nitrogen and oxygen atoms in total. The highest BCUT2D eigenvalue weighted by molar-refractivity contribution is 6.24. The first-order valence-electron chi connectivity index (χ1n) is 49.4. The van der Waals surface area contributed by atoms with Crippen LogP contribution in [-0.2, 0) is 0 Å². The number of rotatable bonds is 10. The monoisotopic (exact) mass is 1830 g/mol. The summed E-state index contributed by atoms with van der Waals surface area (Å²) in [5.74, 6) is 0. The van der Waals surface area contributed by atoms with Gasteiger partial charge >= 0.3 is 0 Å². The van der Waals surface area contributed by atoms with Gasteiger partial charge in [0.2, 0.25) is 0 Å². The molecule has 0 bridgehead atoms. The summed E-state index contributed by atoms with van der Waals surface area (Å²) in [6.45, 7) is 0. The standard InChI is InChI=1S/2C36H24N2.C34H22N2.C30H20N2/c1-3-12-25(13-4-1)26-14-11-17-28(22-26)38-34-21-10-8-19-30(34)32-23-31-29-18-7-9-20-33(29)37(35(31)24-36(32)38)27-15-5-2-6-16-27;1-3-11-25(12-4-1)26-19-21-28(22-20-26)38-34-18-10-8-16-30(34)32-23-31-29-15-7-9-17-33(29)37(35(31)24-36(32)38)27-13-5-2-6-14-27;1-2-12-25(13-3-1)35-31-16-8-6-14-27(31)29-21-30-28-15-7-9-17-32(28)36(34(30)22-33(29)35)26-19-18-23-10-4-5-11-24(23)20-26;1-3-11-21(12-4-1)31-27-17-9-7-15-23(27)25-19-26-24-16-8-10-18-28(24)32(30(26)20-29(25)31)22-13-5-2-6-14-22/h2*1-24H;1-22H;1-20H. The van der Waals surface area contributed by atoms with Crippen LogP contribution in [0.5, 0.6) is 0 Å². The van der Waals surface area contributed by atoms with Crippen LogP contribution in [0.25, 0.3) is 253 Å². The van der Waals surface area contributed by atoms with E-state index < -0.39 is 0 Å². The predicted octanol–water partition coefficient (Wildman–Crippen LogP) is 36.0. The van der Waals surface area contributed by atoms with E-state index in [1.165, 1.54) is 247 Å². The fourth-order valence-electron chi connectivity index (χ4n) is 23.0. The highest BCUT2D eigenvalue weighted by Gasteiger charge is 2.26. The summed E-state index contributed by atoms with van der Waals surface area (Å²) in [5, 5.41) is 22.9. The Labute approximate surface area is 829 Å². The molecule has 0 saturated carbocycles. The van der Waals surface area contributed by atoms with Crippen molar-refractivity contribution >= 4 is 185 Å². The van der Waals surface area contributed by atoms with Crippen molar-refractivity contribution in [1.29, 1.82) is 0 Å². The van der Waals surface area contributed by atoms with Gasteiger partial charge in [-0.2, -0.15) is 0 Å². The van der Waals surface area contributed by atoms with Crippen LogP contribution < -0.4 is 0 Å². The van der Waals surface area contributed by atoms with Gasteiger partial charge in [0.05, 0.1) is 88.3 Å². The van der Waals surface area contributed by atoms with Gasteiger partial charge in [-0.15, -0.1) is 0 Å². The van der Waals surface area contributed by atoms with Gasteiger partial charge in [0.25, 0.3) is 0 Å². The quantitative estimate of drug-likeness (QED) is 0.131. The maximum Gasteiger partial charge on any atom is 0.0562 e. The van der Waals surface area contributed by atoms with E-state index in [9.17, 15) is 0 Å². The highest BCUT2D eigenvalue weighted by Crippen LogP contribution is 2.47. The Morgan fingerprint density at radius 2 is 0.264 bits per heavy atom. The molecule has 144 heavy (non-hydrogen) atoms. The van der Waals surface area contributed by atoms with Gasteiger partial charge in [-0.3, -0.25) is 0 Å². The molecule has 0 aliphatic heterocycles. The first-order valence-corrected chi connectivity index (χ1v) is 49.4. The van der Waals surface area contributed by atoms with Gasteiger partial charge in [0.1, 0.15) is 0 Å². The molecule has 0 spiro atoms. The molecule has 0 unspecified atom stereocenters. The molecule has 674 valence electrons. The summed E-state index contributed by atoms with van der Waals surface area (Å²) in [4.78, 5) is 0. The Morgan fingerprint density at radius 3 is 0.535 bits per heavy atom. The molecule has 0 saturated heterocycles. The van der Waals surface area contributed by atoms with E-state index in [1.54, 1.807) is 0 Å². The van der Waals surface area contributed by atoms with Crippen LogP contribution in [0.15, 0.2) is 546 Å². The van der Waals surface area contributed by atoms with Gasteiger partial charge in [-0.1, -0.05) is 352 Å². The van der Waals surface area contributed by atoms with Crippen molar-refractivity contribution in [1.82, 2.24) is 36.5 Å². The van der Waals surface area contributed by atoms with E-state index in [0.29, 0.717) is 0 Å². The molecule has 0 atom stereocenters. The Balaban J connectivity index is 0.0000000935. The van der Waals surface area contributed by atoms with Gasteiger partial charge < -0.3 is 36.5 Å². The third kappa shape index (κ3) is 13.7. The molecule has 0 aliphatic carbocycles. The van der Waals surface area contributed by atoms with Crippen LogP contribution in [0.3, 0.4) is 0 Å². The Morgan fingerprint density at radius 1 is 0.0833 bits per heavy atom. The topological polar surface area (TPSA) is 39.4 Å². The molecule has 8 heteroatoms. The fourth-order valence-corrected chi connectivity index (χ4v) is 23.0. The molecule has 8 aromatic heterocycles. The third-order valence-corrected chi connectivity index (χ3v) is 29.4. The van der Waals surface area contributed by atoms with E-state index >= 15 is 0 Å². The van der Waals surface area contributed by atoms with E-state index in [4.69, 9.17) is 0 Å². The Bertz CT molecular complexity index is 10300. The molecular formula is C136H90N8. The van der Waals surface area contributed by atoms with Gasteiger partial charge in [0.15, 0.2) is 0 Å². The minimum atomic E-state index is 1.16. The normalized spacial score (nSPS) is 11.8. The molecular weight excluding hydrogens is 1750 g/mol. The number of benzene rings is 23. The van der Waals surface area contributed by atoms with Crippen molar-refractivity contribution < 1.29 is 0 Å². The molecule has 31 aromatic rings. The lowest BCUT2D eigenvalue weighted by Gasteiger charge is -2.11. The molecule has 0 radical (unpaired) electrons. The predicted molar refractivity (Wildman–Crippen MR) is 609 cm³/mol. The molecule has 0 amide bonds. The number of fused-ring (bicyclic) bond motifs is 25. The van der Waals surface area contributed by atoms with Gasteiger partial charge in [0, 0.05) is 132 Å². The summed E-state index contributed by atoms with van der Waals surface area (Å²) in [5.41, 5.74) is 33.9. The van der Waals surface area contributed by atoms with Crippen LogP contribution >= 0.6 is 0 Å². The maximum absolute atomic E-state index is 2.42. The first-order chi connectivity index (χ1) is 71.5. The Hall–Kier alpha value is -19.3. The molecule has 23 aromatic carbocycles. The first kappa shape index (κ1) is 82.9. The van der Waals surface area contributed by atoms with Crippen LogP contribution in [-0.4, -0.2) is 36.5 Å². The van der Waals surface area contributed by atoms with E-state index in [-0.39, 0.29) is 0 Å². The average Bonchev–Trinajstić information content (AvgIpc) is 1.58. The van der Waals surface area contributed by atoms with Crippen molar-refractivity contribution in [2.24, 2.45) is 0 Å². The summed E-state index contributed by atoms with van der Waals surface area (Å²) in [6.07, 6.45) is 0. The number of nitrogens with zero attached hydrogens (tertiary/aromatic N) is 8. The lowest BCUT2D eigenvalue weighted by Crippen LogP contribution is -1.96. The van der Waals surface area contributed by atoms with E-state index in [2.05, 4.69) is 583 Å². The lowest BCUT2D eigenvalue weighted by atomic mass is 10.1. The van der Waals surface area contributed by atoms with Crippen molar-refractivity contribution in [3.05, 3.63) is 546 Å². The molecule has 0 fully saturated rings. The summed E-state index contributed by atoms with van der Waals surface area (Å²) < 4.78 is 19.2. The minimum absolute atomic E-state index is 1.16. The zero-order valence-corrected chi connectivity index (χ0v) is 78.5. The van der Waals surface area contributed by atoms with Crippen LogP contribution in [0, 0.1) is 0 Å². The van der Waals surface area contributed by atoms with Crippen molar-refractivity contribution in [2.75, 3.05) is 0 Å². The third-order valence-electron chi connectivity index (χ3n) is 29.4. The van der Waals surface area contributed by atoms with E-state index in [0.717, 1.165) is 5.69 Å². The highest BCUT2D eigenvalue weighted by atomic mass is 15.0. The summed E-state index contributed by atoms with van der Waals surface area (Å²) in [6, 6.07) is 197. The largest absolute Gasteiger partial charge is 0.309 e. The number of hydrogen-bond acceptors (Lipinski definition) is 0. The second-order valence-corrected chi connectivity index (χ2v) is 37.4. The number of aromatic nitrogens is 8. The maximum atomic E-state index is 2.42. The smallest absolute Gasteiger partial charge is 0.0562 e. The number of hydrogen-bond donors (Lipinski definition) is 0. The lowest BCUT2D eigenvalue weighted by molar-refractivity contribution is 1.16. The zero-order chi connectivity index (χ0) is 94.8. The van der Waals surface area contributed by atoms with Gasteiger partial charge in [-0.05, 0) is 227 Å². The molecule has 8 heterocycles. The summed E-state index contributed by atoms with van der Waals surface area (Å²) >= 11 is 0. The zero-order valence-electron chi connectivity index (χ0n) is 78.5. The molecule has 0 aliphatic rings. The fraction of sp³-hybridized carbons (Fsp3) is 0. The van der Waals surface area contributed by atoms with Crippen LogP contribution in [0.1, 0.15) is 0 Å². The molecule has 0 N–H and O–H groups in total. The second-order valence-electron chi connectivity index (χ2n) is 37.4.